The molecule has 0 fully saturated rings. The summed E-state index contributed by atoms with van der Waals surface area (Å²) in [7, 11) is -3.79. The van der Waals surface area contributed by atoms with E-state index in [-0.39, 0.29) is 16.7 Å². The van der Waals surface area contributed by atoms with E-state index in [1.807, 2.05) is 6.92 Å². The number of nitrogens with one attached hydrogen (secondary N) is 1. The van der Waals surface area contributed by atoms with Gasteiger partial charge in [-0.2, -0.15) is 0 Å². The molecule has 9 heteroatoms. The van der Waals surface area contributed by atoms with Gasteiger partial charge in [-0.05, 0) is 42.7 Å². The van der Waals surface area contributed by atoms with Gasteiger partial charge in [0.05, 0.1) is 4.90 Å². The Kier molecular flexibility index (Phi) is 4.06. The van der Waals surface area contributed by atoms with Crippen LogP contribution in [0.4, 0.5) is 11.8 Å². The maximum Gasteiger partial charge on any atom is 0.264 e. The van der Waals surface area contributed by atoms with Crippen molar-refractivity contribution in [3.8, 4) is 0 Å². The fraction of sp³-hybridized carbons (Fsp3) is 0.167. The Hall–Kier alpha value is -2.64. The van der Waals surface area contributed by atoms with E-state index < -0.39 is 10.0 Å². The summed E-state index contributed by atoms with van der Waals surface area (Å²) < 4.78 is 26.7. The van der Waals surface area contributed by atoms with Crippen LogP contribution < -0.4 is 4.72 Å². The minimum atomic E-state index is -3.79. The van der Waals surface area contributed by atoms with Crippen molar-refractivity contribution in [2.75, 3.05) is 4.72 Å². The standard InChI is InChI=1S/C12H12N6O2S/c1-8-3-5-10(6-4-8)21(19,20)17-12-14-9(2)7-11(15-12)16-18-13/h3-7H,1-2H3,(H,14,15,17). The number of rotatable bonds is 4. The molecule has 2 rings (SSSR count). The summed E-state index contributed by atoms with van der Waals surface area (Å²) in [6, 6.07) is 7.81. The minimum absolute atomic E-state index is 0.0478. The minimum Gasteiger partial charge on any atom is -0.247 e. The predicted octanol–water partition coefficient (Wildman–Crippen LogP) is 2.84. The van der Waals surface area contributed by atoms with Gasteiger partial charge >= 0.3 is 0 Å². The van der Waals surface area contributed by atoms with Crippen LogP contribution in [0.2, 0.25) is 0 Å². The number of azide groups is 1. The van der Waals surface area contributed by atoms with Crippen molar-refractivity contribution in [3.63, 3.8) is 0 Å². The first kappa shape index (κ1) is 14.8. The topological polar surface area (TPSA) is 121 Å². The summed E-state index contributed by atoms with van der Waals surface area (Å²) in [5, 5.41) is 3.34. The molecule has 0 atom stereocenters. The Balaban J connectivity index is 2.36. The number of hydrogen-bond donors (Lipinski definition) is 1. The zero-order chi connectivity index (χ0) is 15.5. The molecule has 0 saturated carbocycles. The second-order valence-electron chi connectivity index (χ2n) is 4.30. The van der Waals surface area contributed by atoms with Gasteiger partial charge in [-0.15, -0.1) is 0 Å². The highest BCUT2D eigenvalue weighted by Crippen LogP contribution is 2.17. The van der Waals surface area contributed by atoms with Crippen LogP contribution in [0.15, 0.2) is 40.3 Å². The summed E-state index contributed by atoms with van der Waals surface area (Å²) in [6.07, 6.45) is 0. The van der Waals surface area contributed by atoms with Gasteiger partial charge in [-0.25, -0.2) is 23.1 Å². The lowest BCUT2D eigenvalue weighted by Gasteiger charge is -2.08. The third kappa shape index (κ3) is 3.68. The molecule has 0 aliphatic carbocycles. The number of nitrogens with zero attached hydrogens (tertiary/aromatic N) is 5. The van der Waals surface area contributed by atoms with Crippen LogP contribution in [0.1, 0.15) is 11.3 Å². The lowest BCUT2D eigenvalue weighted by molar-refractivity contribution is 0.601. The summed E-state index contributed by atoms with van der Waals surface area (Å²) in [5.41, 5.74) is 9.83. The summed E-state index contributed by atoms with van der Waals surface area (Å²) in [6.45, 7) is 3.50. The Bertz CT molecular complexity index is 810. The van der Waals surface area contributed by atoms with Crippen LogP contribution in [0, 0.1) is 13.8 Å². The number of sulfonamides is 1. The molecule has 1 aromatic carbocycles. The summed E-state index contributed by atoms with van der Waals surface area (Å²) >= 11 is 0. The molecular weight excluding hydrogens is 292 g/mol. The van der Waals surface area contributed by atoms with Gasteiger partial charge in [0.1, 0.15) is 5.82 Å². The van der Waals surface area contributed by atoms with E-state index in [0.717, 1.165) is 5.56 Å². The molecule has 0 spiro atoms. The molecular formula is C12H12N6O2S. The fourth-order valence-corrected chi connectivity index (χ4v) is 2.54. The molecule has 1 N–H and O–H groups in total. The van der Waals surface area contributed by atoms with Crippen molar-refractivity contribution < 1.29 is 8.42 Å². The molecule has 8 nitrogen and oxygen atoms in total. The normalized spacial score (nSPS) is 10.8. The maximum absolute atomic E-state index is 12.2. The summed E-state index contributed by atoms with van der Waals surface area (Å²) in [4.78, 5) is 10.5. The highest BCUT2D eigenvalue weighted by atomic mass is 32.2. The average molecular weight is 304 g/mol. The van der Waals surface area contributed by atoms with Crippen molar-refractivity contribution >= 4 is 21.8 Å². The van der Waals surface area contributed by atoms with Gasteiger partial charge in [0.25, 0.3) is 10.0 Å². The van der Waals surface area contributed by atoms with Gasteiger partial charge in [0.15, 0.2) is 0 Å². The van der Waals surface area contributed by atoms with Crippen molar-refractivity contribution in [2.24, 2.45) is 5.11 Å². The van der Waals surface area contributed by atoms with Crippen LogP contribution in [-0.4, -0.2) is 18.4 Å². The van der Waals surface area contributed by atoms with E-state index >= 15 is 0 Å². The van der Waals surface area contributed by atoms with Crippen LogP contribution in [-0.2, 0) is 10.0 Å². The Labute approximate surface area is 121 Å². The molecule has 0 aliphatic heterocycles. The molecule has 0 saturated heterocycles. The van der Waals surface area contributed by atoms with Crippen molar-refractivity contribution in [2.45, 2.75) is 18.7 Å². The van der Waals surface area contributed by atoms with Crippen LogP contribution in [0.3, 0.4) is 0 Å². The van der Waals surface area contributed by atoms with Crippen molar-refractivity contribution in [3.05, 3.63) is 52.0 Å². The number of anilines is 1. The Morgan fingerprint density at radius 1 is 1.19 bits per heavy atom. The highest BCUT2D eigenvalue weighted by molar-refractivity contribution is 7.92. The van der Waals surface area contributed by atoms with Gasteiger partial charge in [-0.3, -0.25) is 0 Å². The van der Waals surface area contributed by atoms with Gasteiger partial charge in [-0.1, -0.05) is 17.7 Å². The SMILES string of the molecule is Cc1ccc(S(=O)(=O)Nc2nc(C)cc(N=[N+]=[N-])n2)cc1. The van der Waals surface area contributed by atoms with E-state index in [9.17, 15) is 8.42 Å². The van der Waals surface area contributed by atoms with E-state index in [1.54, 1.807) is 19.1 Å². The lowest BCUT2D eigenvalue weighted by atomic mass is 10.2. The van der Waals surface area contributed by atoms with Crippen molar-refractivity contribution in [1.29, 1.82) is 0 Å². The van der Waals surface area contributed by atoms with Crippen LogP contribution >= 0.6 is 0 Å². The Morgan fingerprint density at radius 2 is 1.86 bits per heavy atom. The largest absolute Gasteiger partial charge is 0.264 e. The molecule has 1 aromatic heterocycles. The number of aromatic nitrogens is 2. The van der Waals surface area contributed by atoms with E-state index in [0.29, 0.717) is 5.69 Å². The van der Waals surface area contributed by atoms with E-state index in [1.165, 1.54) is 18.2 Å². The molecule has 2 aromatic rings. The molecule has 1 heterocycles. The maximum atomic E-state index is 12.2. The molecule has 0 bridgehead atoms. The highest BCUT2D eigenvalue weighted by Gasteiger charge is 2.15. The first-order chi connectivity index (χ1) is 9.90. The first-order valence-electron chi connectivity index (χ1n) is 5.91. The Morgan fingerprint density at radius 3 is 2.48 bits per heavy atom. The second-order valence-corrected chi connectivity index (χ2v) is 5.98. The van der Waals surface area contributed by atoms with Gasteiger partial charge < -0.3 is 0 Å². The van der Waals surface area contributed by atoms with Gasteiger partial charge in [0, 0.05) is 10.6 Å². The molecule has 108 valence electrons. The average Bonchev–Trinajstić information content (AvgIpc) is 2.38. The number of benzene rings is 1. The third-order valence-electron chi connectivity index (χ3n) is 2.54. The summed E-state index contributed by atoms with van der Waals surface area (Å²) in [5.74, 6) is -0.0930. The van der Waals surface area contributed by atoms with E-state index in [2.05, 4.69) is 24.7 Å². The monoisotopic (exact) mass is 304 g/mol. The predicted molar refractivity (Wildman–Crippen MR) is 77.6 cm³/mol. The van der Waals surface area contributed by atoms with Gasteiger partial charge in [0.2, 0.25) is 5.95 Å². The van der Waals surface area contributed by atoms with Crippen molar-refractivity contribution in [1.82, 2.24) is 9.97 Å². The molecule has 0 radical (unpaired) electrons. The second kappa shape index (κ2) is 5.78. The molecule has 21 heavy (non-hydrogen) atoms. The third-order valence-corrected chi connectivity index (χ3v) is 3.89. The lowest BCUT2D eigenvalue weighted by Crippen LogP contribution is -2.15. The first-order valence-corrected chi connectivity index (χ1v) is 7.39. The molecule has 0 amide bonds. The number of aryl methyl sites for hydroxylation is 2. The van der Waals surface area contributed by atoms with E-state index in [4.69, 9.17) is 5.53 Å². The zero-order valence-electron chi connectivity index (χ0n) is 11.3. The smallest absolute Gasteiger partial charge is 0.247 e. The quantitative estimate of drug-likeness (QED) is 0.530. The van der Waals surface area contributed by atoms with Crippen LogP contribution in [0.25, 0.3) is 10.4 Å². The number of hydrogen-bond acceptors (Lipinski definition) is 5. The molecule has 0 aliphatic rings. The fourth-order valence-electron chi connectivity index (χ4n) is 1.59. The van der Waals surface area contributed by atoms with Crippen LogP contribution in [0.5, 0.6) is 0 Å². The zero-order valence-corrected chi connectivity index (χ0v) is 12.2. The molecule has 0 unspecified atom stereocenters.